The predicted molar refractivity (Wildman–Crippen MR) is 83.6 cm³/mol. The Morgan fingerprint density at radius 1 is 1.10 bits per heavy atom. The first-order valence-corrected chi connectivity index (χ1v) is 7.92. The van der Waals surface area contributed by atoms with Crippen molar-refractivity contribution in [2.75, 3.05) is 13.1 Å². The second-order valence-corrected chi connectivity index (χ2v) is 6.10. The van der Waals surface area contributed by atoms with Crippen LogP contribution < -0.4 is 0 Å². The summed E-state index contributed by atoms with van der Waals surface area (Å²) in [5.74, 6) is 0. The topological polar surface area (TPSA) is 27.0 Å². The summed E-state index contributed by atoms with van der Waals surface area (Å²) in [6.07, 6.45) is 6.80. The van der Waals surface area contributed by atoms with Gasteiger partial charge >= 0.3 is 0 Å². The van der Waals surface area contributed by atoms with E-state index in [1.54, 1.807) is 0 Å². The van der Waals surface area contributed by atoms with Crippen LogP contribution in [-0.4, -0.2) is 23.5 Å². The van der Waals surface area contributed by atoms with Crippen molar-refractivity contribution in [1.29, 1.82) is 5.26 Å². The average molecular weight is 270 g/mol. The molecule has 2 nitrogen and oxygen atoms in total. The highest BCUT2D eigenvalue weighted by Gasteiger charge is 2.32. The summed E-state index contributed by atoms with van der Waals surface area (Å²) in [6.45, 7) is 6.45. The summed E-state index contributed by atoms with van der Waals surface area (Å²) in [4.78, 5) is 2.39. The average Bonchev–Trinajstić information content (AvgIpc) is 2.54. The molecular formula is C18H26N2. The molecule has 0 aliphatic carbocycles. The molecule has 1 aromatic rings. The van der Waals surface area contributed by atoms with Gasteiger partial charge in [0.05, 0.1) is 6.07 Å². The maximum atomic E-state index is 9.61. The van der Waals surface area contributed by atoms with Gasteiger partial charge in [0, 0.05) is 0 Å². The first-order valence-electron chi connectivity index (χ1n) is 7.92. The molecule has 0 saturated carbocycles. The van der Waals surface area contributed by atoms with Crippen molar-refractivity contribution in [2.45, 2.75) is 57.9 Å². The van der Waals surface area contributed by atoms with Gasteiger partial charge in [-0.3, -0.25) is 4.90 Å². The fourth-order valence-electron chi connectivity index (χ4n) is 3.00. The van der Waals surface area contributed by atoms with E-state index in [2.05, 4.69) is 49.1 Å². The van der Waals surface area contributed by atoms with Crippen LogP contribution in [0.1, 0.15) is 50.7 Å². The summed E-state index contributed by atoms with van der Waals surface area (Å²) in [5, 5.41) is 9.61. The number of nitrogens with zero attached hydrogens (tertiary/aromatic N) is 2. The van der Waals surface area contributed by atoms with Crippen LogP contribution in [0.15, 0.2) is 24.3 Å². The molecule has 2 heteroatoms. The Morgan fingerprint density at radius 2 is 1.70 bits per heavy atom. The molecule has 1 unspecified atom stereocenters. The summed E-state index contributed by atoms with van der Waals surface area (Å²) in [6, 6.07) is 11.4. The SMILES string of the molecule is CCc1ccc(CCC(C)(C#N)N2CCCCC2)cc1. The zero-order valence-electron chi connectivity index (χ0n) is 12.9. The van der Waals surface area contributed by atoms with Gasteiger partial charge in [-0.05, 0) is 63.2 Å². The van der Waals surface area contributed by atoms with Gasteiger partial charge in [0.25, 0.3) is 0 Å². The fraction of sp³-hybridized carbons (Fsp3) is 0.611. The number of hydrogen-bond donors (Lipinski definition) is 0. The van der Waals surface area contributed by atoms with E-state index >= 15 is 0 Å². The Morgan fingerprint density at radius 3 is 2.25 bits per heavy atom. The molecule has 1 aromatic carbocycles. The summed E-state index contributed by atoms with van der Waals surface area (Å²) >= 11 is 0. The minimum Gasteiger partial charge on any atom is -0.286 e. The molecule has 2 rings (SSSR count). The number of nitriles is 1. The van der Waals surface area contributed by atoms with Gasteiger partial charge in [0.15, 0.2) is 0 Å². The first-order chi connectivity index (χ1) is 9.68. The molecule has 0 amide bonds. The number of hydrogen-bond acceptors (Lipinski definition) is 2. The van der Waals surface area contributed by atoms with Crippen molar-refractivity contribution in [3.05, 3.63) is 35.4 Å². The van der Waals surface area contributed by atoms with Crippen molar-refractivity contribution in [2.24, 2.45) is 0 Å². The zero-order valence-corrected chi connectivity index (χ0v) is 12.9. The van der Waals surface area contributed by atoms with Gasteiger partial charge in [0.1, 0.15) is 5.54 Å². The van der Waals surface area contributed by atoms with Crippen LogP contribution in [0.25, 0.3) is 0 Å². The lowest BCUT2D eigenvalue weighted by atomic mass is 9.90. The molecular weight excluding hydrogens is 244 g/mol. The molecule has 108 valence electrons. The molecule has 1 aliphatic heterocycles. The van der Waals surface area contributed by atoms with Crippen LogP contribution in [0.4, 0.5) is 0 Å². The Hall–Kier alpha value is -1.33. The number of benzene rings is 1. The van der Waals surface area contributed by atoms with Crippen LogP contribution in [0.3, 0.4) is 0 Å². The highest BCUT2D eigenvalue weighted by molar-refractivity contribution is 5.23. The highest BCUT2D eigenvalue weighted by Crippen LogP contribution is 2.25. The fourth-order valence-corrected chi connectivity index (χ4v) is 3.00. The molecule has 1 atom stereocenters. The standard InChI is InChI=1S/C18H26N2/c1-3-16-7-9-17(10-8-16)11-12-18(2,15-19)20-13-5-4-6-14-20/h7-10H,3-6,11-14H2,1-2H3. The third-order valence-corrected chi connectivity index (χ3v) is 4.63. The summed E-state index contributed by atoms with van der Waals surface area (Å²) in [7, 11) is 0. The van der Waals surface area contributed by atoms with Crippen molar-refractivity contribution in [3.8, 4) is 6.07 Å². The molecule has 0 spiro atoms. The van der Waals surface area contributed by atoms with Crippen LogP contribution >= 0.6 is 0 Å². The molecule has 1 aliphatic rings. The van der Waals surface area contributed by atoms with Gasteiger partial charge in [-0.25, -0.2) is 0 Å². The number of rotatable bonds is 5. The Balaban J connectivity index is 1.96. The van der Waals surface area contributed by atoms with Crippen molar-refractivity contribution < 1.29 is 0 Å². The van der Waals surface area contributed by atoms with Crippen LogP contribution in [0.2, 0.25) is 0 Å². The normalized spacial score (nSPS) is 19.2. The minimum atomic E-state index is -0.302. The summed E-state index contributed by atoms with van der Waals surface area (Å²) < 4.78 is 0. The van der Waals surface area contributed by atoms with E-state index in [4.69, 9.17) is 0 Å². The lowest BCUT2D eigenvalue weighted by Gasteiger charge is -2.38. The van der Waals surface area contributed by atoms with Crippen molar-refractivity contribution >= 4 is 0 Å². The van der Waals surface area contributed by atoms with E-state index in [0.717, 1.165) is 32.4 Å². The highest BCUT2D eigenvalue weighted by atomic mass is 15.2. The van der Waals surface area contributed by atoms with Gasteiger partial charge in [0.2, 0.25) is 0 Å². The van der Waals surface area contributed by atoms with Gasteiger partial charge in [-0.1, -0.05) is 37.6 Å². The van der Waals surface area contributed by atoms with Gasteiger partial charge in [-0.15, -0.1) is 0 Å². The van der Waals surface area contributed by atoms with Crippen molar-refractivity contribution in [3.63, 3.8) is 0 Å². The number of likely N-dealkylation sites (tertiary alicyclic amines) is 1. The monoisotopic (exact) mass is 270 g/mol. The molecule has 0 N–H and O–H groups in total. The maximum absolute atomic E-state index is 9.61. The molecule has 1 heterocycles. The van der Waals surface area contributed by atoms with Gasteiger partial charge < -0.3 is 0 Å². The Labute approximate surface area is 123 Å². The largest absolute Gasteiger partial charge is 0.286 e. The second-order valence-electron chi connectivity index (χ2n) is 6.10. The molecule has 1 fully saturated rings. The molecule has 0 bridgehead atoms. The number of piperidine rings is 1. The van der Waals surface area contributed by atoms with E-state index in [-0.39, 0.29) is 5.54 Å². The zero-order chi connectivity index (χ0) is 14.4. The maximum Gasteiger partial charge on any atom is 0.106 e. The lowest BCUT2D eigenvalue weighted by Crippen LogP contribution is -2.48. The molecule has 0 aromatic heterocycles. The molecule has 1 saturated heterocycles. The van der Waals surface area contributed by atoms with E-state index in [9.17, 15) is 5.26 Å². The van der Waals surface area contributed by atoms with Crippen LogP contribution in [0, 0.1) is 11.3 Å². The summed E-state index contributed by atoms with van der Waals surface area (Å²) in [5.41, 5.74) is 2.43. The Kier molecular flexibility index (Phi) is 5.20. The number of aryl methyl sites for hydroxylation is 2. The third kappa shape index (κ3) is 3.61. The smallest absolute Gasteiger partial charge is 0.106 e. The predicted octanol–water partition coefficient (Wildman–Crippen LogP) is 3.95. The van der Waals surface area contributed by atoms with E-state index in [1.807, 2.05) is 0 Å². The van der Waals surface area contributed by atoms with E-state index in [1.165, 1.54) is 30.4 Å². The lowest BCUT2D eigenvalue weighted by molar-refractivity contribution is 0.117. The quantitative estimate of drug-likeness (QED) is 0.810. The van der Waals surface area contributed by atoms with Crippen molar-refractivity contribution in [1.82, 2.24) is 4.90 Å². The van der Waals surface area contributed by atoms with E-state index < -0.39 is 0 Å². The molecule has 20 heavy (non-hydrogen) atoms. The van der Waals surface area contributed by atoms with Crippen LogP contribution in [-0.2, 0) is 12.8 Å². The second kappa shape index (κ2) is 6.90. The Bertz CT molecular complexity index is 451. The van der Waals surface area contributed by atoms with Crippen LogP contribution in [0.5, 0.6) is 0 Å². The molecule has 0 radical (unpaired) electrons. The third-order valence-electron chi connectivity index (χ3n) is 4.63. The minimum absolute atomic E-state index is 0.302. The first kappa shape index (κ1) is 15.1. The van der Waals surface area contributed by atoms with E-state index in [0.29, 0.717) is 0 Å². The van der Waals surface area contributed by atoms with Gasteiger partial charge in [-0.2, -0.15) is 5.26 Å².